The highest BCUT2D eigenvalue weighted by Gasteiger charge is 2.25. The van der Waals surface area contributed by atoms with Gasteiger partial charge in [0.15, 0.2) is 0 Å². The van der Waals surface area contributed by atoms with Gasteiger partial charge in [-0.15, -0.1) is 0 Å². The molecule has 2 fully saturated rings. The molecule has 1 amide bonds. The molecule has 1 aromatic carbocycles. The van der Waals surface area contributed by atoms with Gasteiger partial charge in [-0.25, -0.2) is 0 Å². The van der Waals surface area contributed by atoms with Crippen molar-refractivity contribution in [1.82, 2.24) is 4.90 Å². The monoisotopic (exact) mass is 301 g/mol. The Labute approximate surface area is 133 Å². The zero-order valence-electron chi connectivity index (χ0n) is 13.4. The van der Waals surface area contributed by atoms with Gasteiger partial charge >= 0.3 is 0 Å². The Hall–Kier alpha value is -1.35. The molecular weight excluding hydrogens is 274 g/mol. The van der Waals surface area contributed by atoms with Crippen molar-refractivity contribution in [3.63, 3.8) is 0 Å². The lowest BCUT2D eigenvalue weighted by Crippen LogP contribution is -2.40. The number of carbonyl (C=O) groups is 1. The predicted molar refractivity (Wildman–Crippen MR) is 87.6 cm³/mol. The molecule has 3 rings (SSSR count). The minimum atomic E-state index is 0.341. The molecule has 3 nitrogen and oxygen atoms in total. The van der Waals surface area contributed by atoms with Crippen LogP contribution < -0.4 is 0 Å². The van der Waals surface area contributed by atoms with Crippen LogP contribution in [-0.4, -0.2) is 37.1 Å². The fraction of sp³-hybridized carbons (Fsp3) is 0.632. The SMILES string of the molecule is O=C(CC1CCCOC1)N1CCC(Cc2ccccc2)CC1. The summed E-state index contributed by atoms with van der Waals surface area (Å²) < 4.78 is 5.48. The molecule has 3 heteroatoms. The Morgan fingerprint density at radius 2 is 1.86 bits per heavy atom. The Balaban J connectivity index is 1.42. The molecule has 2 saturated heterocycles. The number of hydrogen-bond donors (Lipinski definition) is 0. The van der Waals surface area contributed by atoms with E-state index in [1.807, 2.05) is 0 Å². The molecule has 2 aliphatic rings. The number of hydrogen-bond acceptors (Lipinski definition) is 2. The maximum atomic E-state index is 12.4. The van der Waals surface area contributed by atoms with E-state index in [1.165, 1.54) is 5.56 Å². The third-order valence-electron chi connectivity index (χ3n) is 5.05. The molecule has 1 aromatic rings. The lowest BCUT2D eigenvalue weighted by Gasteiger charge is -2.33. The van der Waals surface area contributed by atoms with E-state index in [4.69, 9.17) is 4.74 Å². The molecular formula is C19H27NO2. The summed E-state index contributed by atoms with van der Waals surface area (Å²) in [5, 5.41) is 0. The van der Waals surface area contributed by atoms with Crippen molar-refractivity contribution in [2.45, 2.75) is 38.5 Å². The van der Waals surface area contributed by atoms with Crippen LogP contribution in [0, 0.1) is 11.8 Å². The summed E-state index contributed by atoms with van der Waals surface area (Å²) in [4.78, 5) is 14.5. The highest BCUT2D eigenvalue weighted by molar-refractivity contribution is 5.76. The molecule has 0 aromatic heterocycles. The standard InChI is InChI=1S/C19H27NO2/c21-19(14-18-7-4-12-22-15-18)20-10-8-17(9-11-20)13-16-5-2-1-3-6-16/h1-3,5-6,17-18H,4,7-15H2. The minimum absolute atomic E-state index is 0.341. The Morgan fingerprint density at radius 3 is 2.55 bits per heavy atom. The molecule has 0 radical (unpaired) electrons. The van der Waals surface area contributed by atoms with Crippen LogP contribution >= 0.6 is 0 Å². The lowest BCUT2D eigenvalue weighted by molar-refractivity contribution is -0.134. The highest BCUT2D eigenvalue weighted by Crippen LogP contribution is 2.24. The summed E-state index contributed by atoms with van der Waals surface area (Å²) in [5.74, 6) is 1.52. The Bertz CT molecular complexity index is 460. The molecule has 0 spiro atoms. The summed E-state index contributed by atoms with van der Waals surface area (Å²) in [7, 11) is 0. The number of carbonyl (C=O) groups excluding carboxylic acids is 1. The third-order valence-corrected chi connectivity index (χ3v) is 5.05. The topological polar surface area (TPSA) is 29.5 Å². The van der Waals surface area contributed by atoms with Crippen LogP contribution in [0.4, 0.5) is 0 Å². The quantitative estimate of drug-likeness (QED) is 0.854. The largest absolute Gasteiger partial charge is 0.381 e. The molecule has 120 valence electrons. The highest BCUT2D eigenvalue weighted by atomic mass is 16.5. The first-order valence-corrected chi connectivity index (χ1v) is 8.70. The van der Waals surface area contributed by atoms with E-state index in [0.29, 0.717) is 18.2 Å². The fourth-order valence-corrected chi connectivity index (χ4v) is 3.68. The number of likely N-dealkylation sites (tertiary alicyclic amines) is 1. The van der Waals surface area contributed by atoms with Crippen molar-refractivity contribution in [3.8, 4) is 0 Å². The average Bonchev–Trinajstić information content (AvgIpc) is 2.57. The molecule has 0 bridgehead atoms. The van der Waals surface area contributed by atoms with E-state index in [9.17, 15) is 4.79 Å². The summed E-state index contributed by atoms with van der Waals surface area (Å²) >= 11 is 0. The van der Waals surface area contributed by atoms with Crippen molar-refractivity contribution < 1.29 is 9.53 Å². The van der Waals surface area contributed by atoms with E-state index in [1.54, 1.807) is 0 Å². The lowest BCUT2D eigenvalue weighted by atomic mass is 9.89. The molecule has 1 atom stereocenters. The summed E-state index contributed by atoms with van der Waals surface area (Å²) in [5.41, 5.74) is 1.42. The predicted octanol–water partition coefficient (Wildman–Crippen LogP) is 3.28. The van der Waals surface area contributed by atoms with Gasteiger partial charge in [-0.2, -0.15) is 0 Å². The third kappa shape index (κ3) is 4.33. The van der Waals surface area contributed by atoms with Gasteiger partial charge in [0, 0.05) is 32.7 Å². The number of piperidine rings is 1. The van der Waals surface area contributed by atoms with Gasteiger partial charge < -0.3 is 9.64 Å². The van der Waals surface area contributed by atoms with Crippen LogP contribution in [0.5, 0.6) is 0 Å². The normalized spacial score (nSPS) is 23.5. The number of benzene rings is 1. The van der Waals surface area contributed by atoms with E-state index >= 15 is 0 Å². The van der Waals surface area contributed by atoms with Gasteiger partial charge in [0.05, 0.1) is 0 Å². The first kappa shape index (κ1) is 15.5. The molecule has 2 aliphatic heterocycles. The van der Waals surface area contributed by atoms with Crippen molar-refractivity contribution >= 4 is 5.91 Å². The zero-order chi connectivity index (χ0) is 15.2. The number of nitrogens with zero attached hydrogens (tertiary/aromatic N) is 1. The summed E-state index contributed by atoms with van der Waals surface area (Å²) in [6, 6.07) is 10.7. The van der Waals surface area contributed by atoms with E-state index in [0.717, 1.165) is 64.3 Å². The first-order valence-electron chi connectivity index (χ1n) is 8.70. The van der Waals surface area contributed by atoms with Gasteiger partial charge in [-0.1, -0.05) is 30.3 Å². The second-order valence-electron chi connectivity index (χ2n) is 6.80. The summed E-state index contributed by atoms with van der Waals surface area (Å²) in [6.07, 6.45) is 6.37. The molecule has 2 heterocycles. The van der Waals surface area contributed by atoms with Crippen LogP contribution in [0.1, 0.15) is 37.7 Å². The second kappa shape index (κ2) is 7.77. The maximum Gasteiger partial charge on any atom is 0.222 e. The van der Waals surface area contributed by atoms with Gasteiger partial charge in [0.2, 0.25) is 5.91 Å². The second-order valence-corrected chi connectivity index (χ2v) is 6.80. The van der Waals surface area contributed by atoms with E-state index < -0.39 is 0 Å². The van der Waals surface area contributed by atoms with Crippen molar-refractivity contribution in [3.05, 3.63) is 35.9 Å². The molecule has 0 saturated carbocycles. The van der Waals surface area contributed by atoms with Crippen LogP contribution in [0.15, 0.2) is 30.3 Å². The maximum absolute atomic E-state index is 12.4. The zero-order valence-corrected chi connectivity index (χ0v) is 13.4. The van der Waals surface area contributed by atoms with Crippen LogP contribution in [0.2, 0.25) is 0 Å². The number of amides is 1. The van der Waals surface area contributed by atoms with Gasteiger partial charge in [-0.3, -0.25) is 4.79 Å². The van der Waals surface area contributed by atoms with Crippen molar-refractivity contribution in [2.24, 2.45) is 11.8 Å². The smallest absolute Gasteiger partial charge is 0.222 e. The van der Waals surface area contributed by atoms with Gasteiger partial charge in [0.25, 0.3) is 0 Å². The molecule has 1 unspecified atom stereocenters. The van der Waals surface area contributed by atoms with Crippen LogP contribution in [-0.2, 0) is 16.0 Å². The Morgan fingerprint density at radius 1 is 1.09 bits per heavy atom. The average molecular weight is 301 g/mol. The van der Waals surface area contributed by atoms with Crippen molar-refractivity contribution in [2.75, 3.05) is 26.3 Å². The molecule has 0 aliphatic carbocycles. The molecule has 0 N–H and O–H groups in total. The fourth-order valence-electron chi connectivity index (χ4n) is 3.68. The van der Waals surface area contributed by atoms with Crippen LogP contribution in [0.25, 0.3) is 0 Å². The van der Waals surface area contributed by atoms with Crippen LogP contribution in [0.3, 0.4) is 0 Å². The number of ether oxygens (including phenoxy) is 1. The first-order chi connectivity index (χ1) is 10.8. The summed E-state index contributed by atoms with van der Waals surface area (Å²) in [6.45, 7) is 3.51. The van der Waals surface area contributed by atoms with E-state index in [-0.39, 0.29) is 0 Å². The Kier molecular flexibility index (Phi) is 5.49. The number of rotatable bonds is 4. The van der Waals surface area contributed by atoms with Crippen molar-refractivity contribution in [1.29, 1.82) is 0 Å². The van der Waals surface area contributed by atoms with Gasteiger partial charge in [0.1, 0.15) is 0 Å². The minimum Gasteiger partial charge on any atom is -0.381 e. The van der Waals surface area contributed by atoms with Gasteiger partial charge in [-0.05, 0) is 49.5 Å². The molecule has 22 heavy (non-hydrogen) atoms. The van der Waals surface area contributed by atoms with E-state index in [2.05, 4.69) is 35.2 Å².